The van der Waals surface area contributed by atoms with Crippen LogP contribution in [0.5, 0.6) is 0 Å². The van der Waals surface area contributed by atoms with Gasteiger partial charge >= 0.3 is 0 Å². The molecule has 9 nitrogen and oxygen atoms in total. The highest BCUT2D eigenvalue weighted by molar-refractivity contribution is 6.30. The fraction of sp³-hybridized carbons (Fsp3) is 0.318. The van der Waals surface area contributed by atoms with Crippen molar-refractivity contribution in [3.05, 3.63) is 76.3 Å². The number of halogens is 1. The molecule has 4 heterocycles. The van der Waals surface area contributed by atoms with Gasteiger partial charge in [-0.05, 0) is 29.8 Å². The number of carbonyl (C=O) groups is 2. The highest BCUT2D eigenvalue weighted by Gasteiger charge is 2.32. The predicted octanol–water partition coefficient (Wildman–Crippen LogP) is 2.20. The van der Waals surface area contributed by atoms with E-state index in [0.29, 0.717) is 54.7 Å². The molecule has 0 unspecified atom stereocenters. The van der Waals surface area contributed by atoms with Gasteiger partial charge in [-0.1, -0.05) is 28.9 Å². The molecule has 0 saturated carbocycles. The summed E-state index contributed by atoms with van der Waals surface area (Å²) >= 11 is 5.97. The lowest BCUT2D eigenvalue weighted by molar-refractivity contribution is -0.00202. The Hall–Kier alpha value is -3.30. The Morgan fingerprint density at radius 3 is 2.28 bits per heavy atom. The fourth-order valence-electron chi connectivity index (χ4n) is 4.00. The van der Waals surface area contributed by atoms with Gasteiger partial charge in [0.15, 0.2) is 5.69 Å². The Morgan fingerprint density at radius 1 is 0.938 bits per heavy atom. The number of pyridine rings is 1. The number of amides is 2. The van der Waals surface area contributed by atoms with Crippen molar-refractivity contribution in [3.63, 3.8) is 0 Å². The summed E-state index contributed by atoms with van der Waals surface area (Å²) in [7, 11) is 0. The van der Waals surface area contributed by atoms with Crippen molar-refractivity contribution < 1.29 is 14.3 Å². The van der Waals surface area contributed by atoms with E-state index in [4.69, 9.17) is 16.3 Å². The summed E-state index contributed by atoms with van der Waals surface area (Å²) < 4.78 is 7.73. The Labute approximate surface area is 189 Å². The van der Waals surface area contributed by atoms with Gasteiger partial charge in [-0.15, -0.1) is 5.10 Å². The monoisotopic (exact) mass is 452 g/mol. The minimum Gasteiger partial charge on any atom is -0.365 e. The molecule has 32 heavy (non-hydrogen) atoms. The number of hydrogen-bond donors (Lipinski definition) is 0. The van der Waals surface area contributed by atoms with Gasteiger partial charge in [0.25, 0.3) is 11.8 Å². The molecule has 0 bridgehead atoms. The number of aromatic nitrogens is 4. The minimum atomic E-state index is -0.184. The summed E-state index contributed by atoms with van der Waals surface area (Å²) in [5.74, 6) is -0.238. The number of benzene rings is 1. The van der Waals surface area contributed by atoms with Crippen molar-refractivity contribution in [2.24, 2.45) is 0 Å². The van der Waals surface area contributed by atoms with Crippen molar-refractivity contribution in [2.75, 3.05) is 26.2 Å². The zero-order valence-electron chi connectivity index (χ0n) is 17.2. The van der Waals surface area contributed by atoms with Gasteiger partial charge in [-0.3, -0.25) is 14.6 Å². The van der Waals surface area contributed by atoms with Crippen LogP contribution in [0, 0.1) is 0 Å². The molecule has 0 N–H and O–H groups in total. The second kappa shape index (κ2) is 8.68. The first kappa shape index (κ1) is 20.6. The zero-order valence-corrected chi connectivity index (χ0v) is 18.0. The molecule has 2 amide bonds. The molecule has 2 aliphatic heterocycles. The minimum absolute atomic E-state index is 0.0535. The normalized spacial score (nSPS) is 18.3. The third kappa shape index (κ3) is 3.96. The lowest BCUT2D eigenvalue weighted by Gasteiger charge is -2.34. The van der Waals surface area contributed by atoms with Crippen LogP contribution in [-0.2, 0) is 17.9 Å². The summed E-state index contributed by atoms with van der Waals surface area (Å²) in [5.41, 5.74) is 2.59. The maximum atomic E-state index is 13.1. The lowest BCUT2D eigenvalue weighted by Crippen LogP contribution is -2.50. The highest BCUT2D eigenvalue weighted by Crippen LogP contribution is 2.28. The first-order valence-corrected chi connectivity index (χ1v) is 10.8. The molecule has 164 valence electrons. The summed E-state index contributed by atoms with van der Waals surface area (Å²) in [6.45, 7) is 2.54. The summed E-state index contributed by atoms with van der Waals surface area (Å²) in [6, 6.07) is 10.9. The van der Waals surface area contributed by atoms with Gasteiger partial charge in [-0.2, -0.15) is 0 Å². The average molecular weight is 453 g/mol. The van der Waals surface area contributed by atoms with E-state index >= 15 is 0 Å². The second-order valence-electron chi connectivity index (χ2n) is 7.74. The van der Waals surface area contributed by atoms with Crippen LogP contribution in [0.1, 0.15) is 38.2 Å². The molecule has 10 heteroatoms. The number of hydrogen-bond acceptors (Lipinski definition) is 6. The molecule has 1 fully saturated rings. The first-order chi connectivity index (χ1) is 15.6. The fourth-order valence-corrected chi connectivity index (χ4v) is 4.12. The summed E-state index contributed by atoms with van der Waals surface area (Å²) in [6.07, 6.45) is 3.02. The van der Waals surface area contributed by atoms with Crippen molar-refractivity contribution in [3.8, 4) is 0 Å². The molecule has 2 aromatic heterocycles. The van der Waals surface area contributed by atoms with Crippen molar-refractivity contribution in [1.82, 2.24) is 29.8 Å². The molecule has 5 rings (SSSR count). The quantitative estimate of drug-likeness (QED) is 0.604. The third-order valence-electron chi connectivity index (χ3n) is 5.82. The molecule has 2 aliphatic rings. The van der Waals surface area contributed by atoms with E-state index in [-0.39, 0.29) is 24.5 Å². The number of fused-ring (bicyclic) bond motifs is 1. The van der Waals surface area contributed by atoms with E-state index in [1.54, 1.807) is 39.0 Å². The number of carbonyl (C=O) groups excluding carboxylic acids is 2. The van der Waals surface area contributed by atoms with Gasteiger partial charge < -0.3 is 14.5 Å². The van der Waals surface area contributed by atoms with Crippen molar-refractivity contribution in [1.29, 1.82) is 0 Å². The summed E-state index contributed by atoms with van der Waals surface area (Å²) in [5, 5.41) is 9.01. The predicted molar refractivity (Wildman–Crippen MR) is 115 cm³/mol. The third-order valence-corrected chi connectivity index (χ3v) is 6.08. The van der Waals surface area contributed by atoms with Crippen LogP contribution in [0.15, 0.2) is 48.8 Å². The van der Waals surface area contributed by atoms with Gasteiger partial charge in [0.05, 0.1) is 18.8 Å². The van der Waals surface area contributed by atoms with Gasteiger partial charge in [0, 0.05) is 49.2 Å². The first-order valence-electron chi connectivity index (χ1n) is 10.4. The average Bonchev–Trinajstić information content (AvgIpc) is 3.27. The molecule has 1 atom stereocenters. The van der Waals surface area contributed by atoms with Gasteiger partial charge in [0.1, 0.15) is 6.10 Å². The van der Waals surface area contributed by atoms with E-state index in [9.17, 15) is 9.59 Å². The van der Waals surface area contributed by atoms with Crippen LogP contribution in [0.4, 0.5) is 0 Å². The van der Waals surface area contributed by atoms with Crippen LogP contribution in [0.25, 0.3) is 0 Å². The van der Waals surface area contributed by atoms with Crippen LogP contribution in [0.3, 0.4) is 0 Å². The zero-order chi connectivity index (χ0) is 22.1. The van der Waals surface area contributed by atoms with Gasteiger partial charge in [-0.25, -0.2) is 4.68 Å². The molecule has 1 saturated heterocycles. The Morgan fingerprint density at radius 2 is 1.59 bits per heavy atom. The number of rotatable bonds is 3. The smallest absolute Gasteiger partial charge is 0.276 e. The highest BCUT2D eigenvalue weighted by atomic mass is 35.5. The van der Waals surface area contributed by atoms with Crippen molar-refractivity contribution in [2.45, 2.75) is 19.3 Å². The largest absolute Gasteiger partial charge is 0.365 e. The van der Waals surface area contributed by atoms with E-state index in [1.165, 1.54) is 0 Å². The number of nitrogens with zero attached hydrogens (tertiary/aromatic N) is 6. The van der Waals surface area contributed by atoms with E-state index in [2.05, 4.69) is 15.3 Å². The van der Waals surface area contributed by atoms with Crippen molar-refractivity contribution >= 4 is 23.4 Å². The molecular formula is C22H21ClN6O3. The molecule has 3 aromatic rings. The van der Waals surface area contributed by atoms with Crippen LogP contribution >= 0.6 is 11.6 Å². The molecule has 0 aliphatic carbocycles. The van der Waals surface area contributed by atoms with Crippen LogP contribution < -0.4 is 0 Å². The van der Waals surface area contributed by atoms with E-state index < -0.39 is 0 Å². The maximum Gasteiger partial charge on any atom is 0.276 e. The molecule has 0 spiro atoms. The second-order valence-corrected chi connectivity index (χ2v) is 8.17. The van der Waals surface area contributed by atoms with E-state index in [1.807, 2.05) is 24.3 Å². The number of piperazine rings is 1. The van der Waals surface area contributed by atoms with Crippen LogP contribution in [-0.4, -0.2) is 67.8 Å². The summed E-state index contributed by atoms with van der Waals surface area (Å²) in [4.78, 5) is 33.1. The molecular weight excluding hydrogens is 432 g/mol. The number of ether oxygens (including phenoxy) is 1. The van der Waals surface area contributed by atoms with Crippen LogP contribution in [0.2, 0.25) is 5.02 Å². The molecule has 0 radical (unpaired) electrons. The van der Waals surface area contributed by atoms with Gasteiger partial charge in [0.2, 0.25) is 0 Å². The Kier molecular flexibility index (Phi) is 5.59. The standard InChI is InChI=1S/C22H21ClN6O3/c23-17-3-1-15(2-4-17)19-13-29-18(14-32-19)20(25-26-29)22(31)28-11-9-27(10-12-28)21(30)16-5-7-24-8-6-16/h1-8,19H,9-14H2/t19-/m1/s1. The topological polar surface area (TPSA) is 93.5 Å². The SMILES string of the molecule is O=C(c1ccncc1)N1CCN(C(=O)c2nnn3c2CO[C@@H](c2ccc(Cl)cc2)C3)CC1. The Balaban J connectivity index is 1.23. The maximum absolute atomic E-state index is 13.1. The van der Waals surface area contributed by atoms with E-state index in [0.717, 1.165) is 5.56 Å². The lowest BCUT2D eigenvalue weighted by atomic mass is 10.1. The Bertz CT molecular complexity index is 1130. The molecule has 1 aromatic carbocycles.